The zero-order valence-electron chi connectivity index (χ0n) is 13.2. The standard InChI is InChI=1S/C16H25ClO2Si/c1-11(2)20(12(3)4,13(5)6)19-16(18)14-8-7-9-15(17)10-14/h7-13H,1-6H3. The highest BCUT2D eigenvalue weighted by molar-refractivity contribution is 6.79. The highest BCUT2D eigenvalue weighted by Crippen LogP contribution is 2.42. The van der Waals surface area contributed by atoms with Gasteiger partial charge in [0.15, 0.2) is 0 Å². The lowest BCUT2D eigenvalue weighted by molar-refractivity contribution is 0.0705. The van der Waals surface area contributed by atoms with E-state index in [1.807, 2.05) is 0 Å². The summed E-state index contributed by atoms with van der Waals surface area (Å²) >= 11 is 5.95. The maximum absolute atomic E-state index is 12.5. The zero-order valence-corrected chi connectivity index (χ0v) is 15.0. The molecule has 0 spiro atoms. The van der Waals surface area contributed by atoms with Crippen molar-refractivity contribution in [3.05, 3.63) is 34.9 Å². The summed E-state index contributed by atoms with van der Waals surface area (Å²) < 4.78 is 6.10. The Bertz CT molecular complexity index is 448. The average Bonchev–Trinajstić information content (AvgIpc) is 2.34. The highest BCUT2D eigenvalue weighted by atomic mass is 35.5. The third kappa shape index (κ3) is 3.44. The lowest BCUT2D eigenvalue weighted by Crippen LogP contribution is -2.49. The SMILES string of the molecule is CC(C)[Si](OC(=O)c1cccc(Cl)c1)(C(C)C)C(C)C. The largest absolute Gasteiger partial charge is 0.515 e. The predicted octanol–water partition coefficient (Wildman–Crippen LogP) is 5.67. The van der Waals surface area contributed by atoms with Gasteiger partial charge < -0.3 is 4.43 Å². The number of benzene rings is 1. The van der Waals surface area contributed by atoms with Crippen LogP contribution in [0.5, 0.6) is 0 Å². The molecule has 0 atom stereocenters. The normalized spacial score (nSPS) is 12.3. The highest BCUT2D eigenvalue weighted by Gasteiger charge is 2.48. The van der Waals surface area contributed by atoms with E-state index in [-0.39, 0.29) is 5.97 Å². The lowest BCUT2D eigenvalue weighted by atomic mass is 10.2. The first-order chi connectivity index (χ1) is 9.21. The van der Waals surface area contributed by atoms with Gasteiger partial charge >= 0.3 is 5.97 Å². The van der Waals surface area contributed by atoms with E-state index in [1.54, 1.807) is 24.3 Å². The second-order valence-electron chi connectivity index (χ2n) is 6.22. The fraction of sp³-hybridized carbons (Fsp3) is 0.562. The van der Waals surface area contributed by atoms with E-state index >= 15 is 0 Å². The first-order valence-corrected chi connectivity index (χ1v) is 9.72. The fourth-order valence-electron chi connectivity index (χ4n) is 3.19. The topological polar surface area (TPSA) is 26.3 Å². The number of carbonyl (C=O) groups is 1. The molecule has 0 heterocycles. The van der Waals surface area contributed by atoms with Crippen molar-refractivity contribution in [1.29, 1.82) is 0 Å². The fourth-order valence-corrected chi connectivity index (χ4v) is 8.52. The van der Waals surface area contributed by atoms with E-state index in [4.69, 9.17) is 16.0 Å². The smallest absolute Gasteiger partial charge is 0.324 e. The van der Waals surface area contributed by atoms with Gasteiger partial charge in [-0.25, -0.2) is 4.79 Å². The first-order valence-electron chi connectivity index (χ1n) is 7.20. The minimum atomic E-state index is -2.18. The number of hydrogen-bond acceptors (Lipinski definition) is 2. The third-order valence-electron chi connectivity index (χ3n) is 4.04. The molecule has 2 nitrogen and oxygen atoms in total. The third-order valence-corrected chi connectivity index (χ3v) is 10.2. The second kappa shape index (κ2) is 6.77. The molecule has 0 aliphatic heterocycles. The van der Waals surface area contributed by atoms with Crippen LogP contribution in [-0.4, -0.2) is 14.3 Å². The van der Waals surface area contributed by atoms with Crippen molar-refractivity contribution in [2.75, 3.05) is 0 Å². The Morgan fingerprint density at radius 1 is 1.05 bits per heavy atom. The van der Waals surface area contributed by atoms with E-state index in [1.165, 1.54) is 0 Å². The van der Waals surface area contributed by atoms with Crippen LogP contribution in [0.4, 0.5) is 0 Å². The second-order valence-corrected chi connectivity index (χ2v) is 12.0. The molecule has 20 heavy (non-hydrogen) atoms. The van der Waals surface area contributed by atoms with E-state index in [9.17, 15) is 4.79 Å². The molecule has 0 aliphatic carbocycles. The van der Waals surface area contributed by atoms with Gasteiger partial charge in [0, 0.05) is 5.02 Å². The molecule has 0 aliphatic rings. The molecule has 0 saturated heterocycles. The van der Waals surface area contributed by atoms with Crippen LogP contribution in [-0.2, 0) is 4.43 Å². The van der Waals surface area contributed by atoms with Crippen LogP contribution in [0, 0.1) is 0 Å². The summed E-state index contributed by atoms with van der Waals surface area (Å²) in [7, 11) is -2.18. The van der Waals surface area contributed by atoms with Crippen molar-refractivity contribution in [3.8, 4) is 0 Å². The van der Waals surface area contributed by atoms with Gasteiger partial charge in [-0.05, 0) is 34.8 Å². The summed E-state index contributed by atoms with van der Waals surface area (Å²) in [6.45, 7) is 13.0. The monoisotopic (exact) mass is 312 g/mol. The summed E-state index contributed by atoms with van der Waals surface area (Å²) in [6.07, 6.45) is 0. The molecule has 0 unspecified atom stereocenters. The van der Waals surface area contributed by atoms with Gasteiger partial charge in [0.2, 0.25) is 0 Å². The van der Waals surface area contributed by atoms with E-state index in [2.05, 4.69) is 41.5 Å². The molecular formula is C16H25ClO2Si. The van der Waals surface area contributed by atoms with Gasteiger partial charge in [-0.15, -0.1) is 0 Å². The van der Waals surface area contributed by atoms with E-state index in [0.29, 0.717) is 27.2 Å². The van der Waals surface area contributed by atoms with Crippen LogP contribution in [0.3, 0.4) is 0 Å². The van der Waals surface area contributed by atoms with Crippen molar-refractivity contribution in [3.63, 3.8) is 0 Å². The first kappa shape index (κ1) is 17.2. The molecule has 1 aromatic rings. The average molecular weight is 313 g/mol. The van der Waals surface area contributed by atoms with Gasteiger partial charge in [-0.2, -0.15) is 0 Å². The van der Waals surface area contributed by atoms with Crippen LogP contribution in [0.15, 0.2) is 24.3 Å². The van der Waals surface area contributed by atoms with Crippen LogP contribution in [0.2, 0.25) is 21.6 Å². The summed E-state index contributed by atoms with van der Waals surface area (Å²) in [5.74, 6) is -0.240. The maximum Gasteiger partial charge on any atom is 0.324 e. The molecule has 0 saturated carbocycles. The summed E-state index contributed by atoms with van der Waals surface area (Å²) in [5.41, 5.74) is 1.68. The number of hydrogen-bond donors (Lipinski definition) is 0. The van der Waals surface area contributed by atoms with Gasteiger partial charge in [-0.3, -0.25) is 0 Å². The Morgan fingerprint density at radius 3 is 1.95 bits per heavy atom. The number of carbonyl (C=O) groups excluding carboxylic acids is 1. The molecule has 0 radical (unpaired) electrons. The van der Waals surface area contributed by atoms with Crippen molar-refractivity contribution >= 4 is 25.9 Å². The molecular weight excluding hydrogens is 288 g/mol. The molecule has 0 N–H and O–H groups in total. The molecule has 1 aromatic carbocycles. The van der Waals surface area contributed by atoms with Gasteiger partial charge in [0.25, 0.3) is 8.32 Å². The van der Waals surface area contributed by atoms with Crippen molar-refractivity contribution in [2.45, 2.75) is 58.2 Å². The summed E-state index contributed by atoms with van der Waals surface area (Å²) in [5, 5.41) is 0.561. The maximum atomic E-state index is 12.5. The minimum Gasteiger partial charge on any atom is -0.515 e. The zero-order chi connectivity index (χ0) is 15.5. The molecule has 0 bridgehead atoms. The van der Waals surface area contributed by atoms with Crippen LogP contribution < -0.4 is 0 Å². The van der Waals surface area contributed by atoms with Crippen LogP contribution in [0.25, 0.3) is 0 Å². The quantitative estimate of drug-likeness (QED) is 0.654. The van der Waals surface area contributed by atoms with Gasteiger partial charge in [0.1, 0.15) is 0 Å². The number of rotatable bonds is 5. The Balaban J connectivity index is 3.10. The van der Waals surface area contributed by atoms with Crippen molar-refractivity contribution in [1.82, 2.24) is 0 Å². The van der Waals surface area contributed by atoms with Crippen LogP contribution in [0.1, 0.15) is 51.9 Å². The predicted molar refractivity (Wildman–Crippen MR) is 87.9 cm³/mol. The summed E-state index contributed by atoms with van der Waals surface area (Å²) in [4.78, 5) is 12.5. The van der Waals surface area contributed by atoms with Crippen molar-refractivity contribution < 1.29 is 9.22 Å². The molecule has 0 fully saturated rings. The van der Waals surface area contributed by atoms with Gasteiger partial charge in [-0.1, -0.05) is 59.2 Å². The molecule has 4 heteroatoms. The Labute approximate surface area is 128 Å². The van der Waals surface area contributed by atoms with E-state index < -0.39 is 8.32 Å². The van der Waals surface area contributed by atoms with Gasteiger partial charge in [0.05, 0.1) is 5.56 Å². The molecule has 112 valence electrons. The van der Waals surface area contributed by atoms with Crippen LogP contribution >= 0.6 is 11.6 Å². The Kier molecular flexibility index (Phi) is 5.84. The number of halogens is 1. The lowest BCUT2D eigenvalue weighted by Gasteiger charge is -2.41. The molecule has 0 amide bonds. The van der Waals surface area contributed by atoms with Crippen molar-refractivity contribution in [2.24, 2.45) is 0 Å². The molecule has 1 rings (SSSR count). The minimum absolute atomic E-state index is 0.240. The molecule has 0 aromatic heterocycles. The Hall–Kier alpha value is -0.803. The van der Waals surface area contributed by atoms with E-state index in [0.717, 1.165) is 0 Å². The Morgan fingerprint density at radius 2 is 1.55 bits per heavy atom. The summed E-state index contributed by atoms with van der Waals surface area (Å²) in [6, 6.07) is 6.97.